The van der Waals surface area contributed by atoms with Gasteiger partial charge in [0.05, 0.1) is 0 Å². The molecule has 92 valence electrons. The maximum absolute atomic E-state index is 11.8. The van der Waals surface area contributed by atoms with Crippen LogP contribution in [-0.4, -0.2) is 12.9 Å². The maximum atomic E-state index is 11.8. The van der Waals surface area contributed by atoms with Crippen LogP contribution >= 0.6 is 12.4 Å². The maximum Gasteiger partial charge on any atom is 0.573 e. The normalized spacial score (nSPS) is 12.8. The fourth-order valence-corrected chi connectivity index (χ4v) is 1.05. The summed E-state index contributed by atoms with van der Waals surface area (Å²) in [5.74, 6) is -0.268. The van der Waals surface area contributed by atoms with E-state index in [-0.39, 0.29) is 30.7 Å². The summed E-state index contributed by atoms with van der Waals surface area (Å²) < 4.78 is 39.1. The predicted molar refractivity (Wildman–Crippen MR) is 56.4 cm³/mol. The highest BCUT2D eigenvalue weighted by atomic mass is 35.5. The molecule has 0 fully saturated rings. The third-order valence-corrected chi connectivity index (χ3v) is 1.80. The highest BCUT2D eigenvalue weighted by Gasteiger charge is 2.30. The van der Waals surface area contributed by atoms with E-state index in [1.54, 1.807) is 0 Å². The molecule has 0 aromatic heterocycles. The Hall–Kier alpha value is -0.980. The third-order valence-electron chi connectivity index (χ3n) is 1.80. The number of rotatable bonds is 3. The van der Waals surface area contributed by atoms with Crippen molar-refractivity contribution >= 4 is 12.4 Å². The zero-order chi connectivity index (χ0) is 11.5. The second-order valence-electron chi connectivity index (χ2n) is 2.96. The fourth-order valence-electron chi connectivity index (χ4n) is 1.05. The standard InChI is InChI=1S/C9H11F3N2O.ClH/c10-9(11,12)15-7-3-1-6(2-4-7)8(14)5-13;/h1-4,8H,5,13-14H2;1H/t8-;/m0./s1. The van der Waals surface area contributed by atoms with Gasteiger partial charge in [-0.05, 0) is 17.7 Å². The quantitative estimate of drug-likeness (QED) is 0.869. The Morgan fingerprint density at radius 1 is 1.19 bits per heavy atom. The van der Waals surface area contributed by atoms with Crippen molar-refractivity contribution in [2.75, 3.05) is 6.54 Å². The number of hydrogen-bond donors (Lipinski definition) is 2. The summed E-state index contributed by atoms with van der Waals surface area (Å²) in [5.41, 5.74) is 11.6. The van der Waals surface area contributed by atoms with Gasteiger partial charge in [-0.15, -0.1) is 25.6 Å². The average Bonchev–Trinajstić information content (AvgIpc) is 2.15. The Morgan fingerprint density at radius 3 is 2.06 bits per heavy atom. The van der Waals surface area contributed by atoms with E-state index < -0.39 is 6.36 Å². The van der Waals surface area contributed by atoms with E-state index in [2.05, 4.69) is 4.74 Å². The summed E-state index contributed by atoms with van der Waals surface area (Å²) in [6.45, 7) is 0.236. The smallest absolute Gasteiger partial charge is 0.406 e. The highest BCUT2D eigenvalue weighted by Crippen LogP contribution is 2.23. The van der Waals surface area contributed by atoms with Crippen LogP contribution in [0.4, 0.5) is 13.2 Å². The van der Waals surface area contributed by atoms with Crippen molar-refractivity contribution in [1.82, 2.24) is 0 Å². The number of nitrogens with two attached hydrogens (primary N) is 2. The van der Waals surface area contributed by atoms with E-state index in [4.69, 9.17) is 11.5 Å². The van der Waals surface area contributed by atoms with Gasteiger partial charge < -0.3 is 16.2 Å². The van der Waals surface area contributed by atoms with Crippen molar-refractivity contribution in [2.45, 2.75) is 12.4 Å². The van der Waals surface area contributed by atoms with Gasteiger partial charge in [0.1, 0.15) is 5.75 Å². The number of hydrogen-bond acceptors (Lipinski definition) is 3. The van der Waals surface area contributed by atoms with Gasteiger partial charge >= 0.3 is 6.36 Å². The van der Waals surface area contributed by atoms with Crippen LogP contribution in [-0.2, 0) is 0 Å². The lowest BCUT2D eigenvalue weighted by Crippen LogP contribution is -2.21. The van der Waals surface area contributed by atoms with Crippen LogP contribution in [0.1, 0.15) is 11.6 Å². The molecule has 1 atom stereocenters. The van der Waals surface area contributed by atoms with Crippen molar-refractivity contribution in [2.24, 2.45) is 11.5 Å². The first kappa shape index (κ1) is 15.0. The van der Waals surface area contributed by atoms with E-state index in [0.29, 0.717) is 5.56 Å². The minimum Gasteiger partial charge on any atom is -0.406 e. The Morgan fingerprint density at radius 2 is 1.69 bits per heavy atom. The number of benzene rings is 1. The molecule has 3 nitrogen and oxygen atoms in total. The van der Waals surface area contributed by atoms with Gasteiger partial charge in [-0.1, -0.05) is 12.1 Å². The number of ether oxygens (including phenoxy) is 1. The second-order valence-corrected chi connectivity index (χ2v) is 2.96. The molecule has 0 unspecified atom stereocenters. The van der Waals surface area contributed by atoms with Crippen LogP contribution in [0, 0.1) is 0 Å². The van der Waals surface area contributed by atoms with E-state index in [1.807, 2.05) is 0 Å². The fraction of sp³-hybridized carbons (Fsp3) is 0.333. The first-order chi connectivity index (χ1) is 6.92. The third kappa shape index (κ3) is 4.69. The second kappa shape index (κ2) is 5.93. The van der Waals surface area contributed by atoms with Crippen molar-refractivity contribution in [3.63, 3.8) is 0 Å². The van der Waals surface area contributed by atoms with Gasteiger partial charge in [0.15, 0.2) is 0 Å². The van der Waals surface area contributed by atoms with E-state index in [1.165, 1.54) is 24.3 Å². The molecule has 0 saturated heterocycles. The predicted octanol–water partition coefficient (Wildman–Crippen LogP) is 1.97. The summed E-state index contributed by atoms with van der Waals surface area (Å²) in [4.78, 5) is 0. The van der Waals surface area contributed by atoms with Gasteiger partial charge in [-0.25, -0.2) is 0 Å². The van der Waals surface area contributed by atoms with Crippen LogP contribution in [0.3, 0.4) is 0 Å². The molecule has 0 aliphatic carbocycles. The molecule has 1 aromatic carbocycles. The van der Waals surface area contributed by atoms with Crippen LogP contribution in [0.5, 0.6) is 5.75 Å². The summed E-state index contributed by atoms with van der Waals surface area (Å²) in [6, 6.07) is 4.96. The molecule has 7 heteroatoms. The Labute approximate surface area is 97.0 Å². The molecule has 0 aliphatic heterocycles. The monoisotopic (exact) mass is 256 g/mol. The molecule has 0 radical (unpaired) electrons. The Balaban J connectivity index is 0.00000225. The van der Waals surface area contributed by atoms with Gasteiger partial charge in [-0.2, -0.15) is 0 Å². The van der Waals surface area contributed by atoms with Gasteiger partial charge in [0.2, 0.25) is 0 Å². The minimum atomic E-state index is -4.67. The van der Waals surface area contributed by atoms with Gasteiger partial charge in [0.25, 0.3) is 0 Å². The first-order valence-electron chi connectivity index (χ1n) is 4.24. The summed E-state index contributed by atoms with van der Waals surface area (Å²) in [5, 5.41) is 0. The van der Waals surface area contributed by atoms with E-state index in [9.17, 15) is 13.2 Å². The van der Waals surface area contributed by atoms with Crippen molar-refractivity contribution in [3.05, 3.63) is 29.8 Å². The van der Waals surface area contributed by atoms with Crippen LogP contribution in [0.25, 0.3) is 0 Å². The number of alkyl halides is 3. The van der Waals surface area contributed by atoms with Crippen LogP contribution < -0.4 is 16.2 Å². The number of halogens is 4. The van der Waals surface area contributed by atoms with E-state index in [0.717, 1.165) is 0 Å². The molecule has 0 saturated carbocycles. The molecule has 0 heterocycles. The lowest BCUT2D eigenvalue weighted by Gasteiger charge is -2.11. The summed E-state index contributed by atoms with van der Waals surface area (Å²) >= 11 is 0. The molecule has 0 amide bonds. The molecule has 16 heavy (non-hydrogen) atoms. The topological polar surface area (TPSA) is 61.3 Å². The molecule has 4 N–H and O–H groups in total. The van der Waals surface area contributed by atoms with Gasteiger partial charge in [-0.3, -0.25) is 0 Å². The molecule has 0 bridgehead atoms. The van der Waals surface area contributed by atoms with Crippen LogP contribution in [0.2, 0.25) is 0 Å². The average molecular weight is 257 g/mol. The van der Waals surface area contributed by atoms with E-state index >= 15 is 0 Å². The molecule has 1 rings (SSSR count). The first-order valence-corrected chi connectivity index (χ1v) is 4.24. The zero-order valence-corrected chi connectivity index (χ0v) is 9.02. The molecule has 0 aliphatic rings. The lowest BCUT2D eigenvalue weighted by atomic mass is 10.1. The minimum absolute atomic E-state index is 0. The molecule has 1 aromatic rings. The zero-order valence-electron chi connectivity index (χ0n) is 8.20. The van der Waals surface area contributed by atoms with Crippen molar-refractivity contribution in [1.29, 1.82) is 0 Å². The van der Waals surface area contributed by atoms with Crippen molar-refractivity contribution in [3.8, 4) is 5.75 Å². The molecular weight excluding hydrogens is 245 g/mol. The molecule has 0 spiro atoms. The Kier molecular flexibility index (Phi) is 5.57. The largest absolute Gasteiger partial charge is 0.573 e. The highest BCUT2D eigenvalue weighted by molar-refractivity contribution is 5.85. The van der Waals surface area contributed by atoms with Gasteiger partial charge in [0, 0.05) is 12.6 Å². The lowest BCUT2D eigenvalue weighted by molar-refractivity contribution is -0.274. The SMILES string of the molecule is Cl.NC[C@H](N)c1ccc(OC(F)(F)F)cc1. The van der Waals surface area contributed by atoms with Crippen LogP contribution in [0.15, 0.2) is 24.3 Å². The molecular formula is C9H12ClF3N2O. The summed E-state index contributed by atoms with van der Waals surface area (Å²) in [7, 11) is 0. The summed E-state index contributed by atoms with van der Waals surface area (Å²) in [6.07, 6.45) is -4.67. The van der Waals surface area contributed by atoms with Crippen molar-refractivity contribution < 1.29 is 17.9 Å². The Bertz CT molecular complexity index is 316.